The Morgan fingerprint density at radius 2 is 1.96 bits per heavy atom. The molecule has 8 heteroatoms. The zero-order valence-electron chi connectivity index (χ0n) is 14.8. The number of nitrogens with zero attached hydrogens (tertiary/aromatic N) is 2. The first-order chi connectivity index (χ1) is 12.4. The van der Waals surface area contributed by atoms with Gasteiger partial charge in [-0.1, -0.05) is 43.7 Å². The van der Waals surface area contributed by atoms with Crippen molar-refractivity contribution in [2.24, 2.45) is 5.10 Å². The van der Waals surface area contributed by atoms with Crippen LogP contribution < -0.4 is 16.7 Å². The largest absolute Gasteiger partial charge is 0.494 e. The van der Waals surface area contributed by atoms with Crippen LogP contribution >= 0.6 is 0 Å². The van der Waals surface area contributed by atoms with Crippen molar-refractivity contribution in [3.8, 4) is 5.88 Å². The van der Waals surface area contributed by atoms with Crippen molar-refractivity contribution < 1.29 is 9.90 Å². The molecule has 8 nitrogen and oxygen atoms in total. The lowest BCUT2D eigenvalue weighted by Gasteiger charge is -2.11. The molecule has 0 saturated carbocycles. The number of rotatable bonds is 7. The number of aromatic hydroxyl groups is 1. The highest BCUT2D eigenvalue weighted by Gasteiger charge is 2.17. The van der Waals surface area contributed by atoms with Crippen LogP contribution in [0.1, 0.15) is 44.2 Å². The summed E-state index contributed by atoms with van der Waals surface area (Å²) < 4.78 is 1.05. The van der Waals surface area contributed by atoms with Crippen molar-refractivity contribution in [3.63, 3.8) is 0 Å². The van der Waals surface area contributed by atoms with Gasteiger partial charge in [-0.3, -0.25) is 19.1 Å². The van der Waals surface area contributed by atoms with Crippen LogP contribution in [0.5, 0.6) is 5.88 Å². The van der Waals surface area contributed by atoms with E-state index in [1.807, 2.05) is 25.1 Å². The van der Waals surface area contributed by atoms with Gasteiger partial charge in [0.1, 0.15) is 5.56 Å². The molecule has 0 radical (unpaired) electrons. The summed E-state index contributed by atoms with van der Waals surface area (Å²) in [4.78, 5) is 38.0. The third kappa shape index (κ3) is 4.69. The van der Waals surface area contributed by atoms with Crippen molar-refractivity contribution in [2.45, 2.75) is 39.7 Å². The number of carbonyl (C=O) groups is 1. The fourth-order valence-electron chi connectivity index (χ4n) is 2.39. The molecule has 0 aliphatic heterocycles. The minimum absolute atomic E-state index is 0.0887. The summed E-state index contributed by atoms with van der Waals surface area (Å²) in [5.74, 6) is -0.772. The molecule has 0 aliphatic carbocycles. The van der Waals surface area contributed by atoms with Crippen molar-refractivity contribution in [1.29, 1.82) is 0 Å². The average Bonchev–Trinajstić information content (AvgIpc) is 2.62. The normalized spacial score (nSPS) is 11.4. The highest BCUT2D eigenvalue weighted by molar-refractivity contribution is 6.00. The lowest BCUT2D eigenvalue weighted by Crippen LogP contribution is -2.34. The Labute approximate surface area is 150 Å². The van der Waals surface area contributed by atoms with Gasteiger partial charge in [0.15, 0.2) is 0 Å². The van der Waals surface area contributed by atoms with Crippen LogP contribution in [0.3, 0.4) is 0 Å². The Hall–Kier alpha value is -3.16. The lowest BCUT2D eigenvalue weighted by atomic mass is 10.2. The predicted molar refractivity (Wildman–Crippen MR) is 98.4 cm³/mol. The maximum Gasteiger partial charge on any atom is 0.331 e. The van der Waals surface area contributed by atoms with E-state index < -0.39 is 17.1 Å². The third-order valence-corrected chi connectivity index (χ3v) is 3.82. The third-order valence-electron chi connectivity index (χ3n) is 3.82. The number of amides is 1. The molecule has 0 aliphatic rings. The number of hydrogen-bond donors (Lipinski definition) is 3. The minimum Gasteiger partial charge on any atom is -0.494 e. The number of hydrazone groups is 1. The summed E-state index contributed by atoms with van der Waals surface area (Å²) in [5, 5.41) is 14.3. The van der Waals surface area contributed by atoms with E-state index in [9.17, 15) is 19.5 Å². The zero-order chi connectivity index (χ0) is 19.1. The Morgan fingerprint density at radius 1 is 1.27 bits per heavy atom. The molecule has 0 atom stereocenters. The van der Waals surface area contributed by atoms with Gasteiger partial charge in [0.2, 0.25) is 11.8 Å². The smallest absolute Gasteiger partial charge is 0.331 e. The second-order valence-corrected chi connectivity index (χ2v) is 5.87. The van der Waals surface area contributed by atoms with Gasteiger partial charge in [-0.05, 0) is 18.9 Å². The van der Waals surface area contributed by atoms with Crippen LogP contribution in [0.4, 0.5) is 0 Å². The number of unbranched alkanes of at least 4 members (excludes halogenated alkanes) is 1. The van der Waals surface area contributed by atoms with Crippen molar-refractivity contribution in [3.05, 3.63) is 62.3 Å². The molecule has 0 fully saturated rings. The maximum atomic E-state index is 12.1. The fraction of sp³-hybridized carbons (Fsp3) is 0.333. The minimum atomic E-state index is -0.763. The van der Waals surface area contributed by atoms with Gasteiger partial charge >= 0.3 is 5.69 Å². The first-order valence-electron chi connectivity index (χ1n) is 8.37. The number of aromatic amines is 1. The van der Waals surface area contributed by atoms with Gasteiger partial charge < -0.3 is 5.11 Å². The van der Waals surface area contributed by atoms with Crippen molar-refractivity contribution in [2.75, 3.05) is 0 Å². The van der Waals surface area contributed by atoms with E-state index in [1.54, 1.807) is 12.1 Å². The van der Waals surface area contributed by atoms with Gasteiger partial charge in [0, 0.05) is 6.42 Å². The van der Waals surface area contributed by atoms with Crippen LogP contribution in [0.25, 0.3) is 0 Å². The molecular weight excluding hydrogens is 336 g/mol. The molecule has 2 aromatic rings. The number of carbonyl (C=O) groups excluding carboxylic acids is 1. The summed E-state index contributed by atoms with van der Waals surface area (Å²) in [6.07, 6.45) is 1.93. The summed E-state index contributed by atoms with van der Waals surface area (Å²) in [6.45, 7) is 3.53. The number of nitrogens with one attached hydrogen (secondary N) is 2. The molecule has 3 N–H and O–H groups in total. The highest BCUT2D eigenvalue weighted by Crippen LogP contribution is 2.13. The average molecular weight is 358 g/mol. The lowest BCUT2D eigenvalue weighted by molar-refractivity contribution is -0.121. The van der Waals surface area contributed by atoms with E-state index in [0.29, 0.717) is 6.42 Å². The Kier molecular flexibility index (Phi) is 6.48. The van der Waals surface area contributed by atoms with Gasteiger partial charge in [0.05, 0.1) is 12.3 Å². The standard InChI is InChI=1S/C18H22N4O4/c1-3-4-10-14(23)21-20-12(2)15-16(24)19-18(26)22(17(15)25)11-13-8-6-5-7-9-13/h5-9,25H,3-4,10-11H2,1-2H3,(H,21,23)(H,19,24,26)/b20-12+. The van der Waals surface area contributed by atoms with Crippen LogP contribution in [0.2, 0.25) is 0 Å². The summed E-state index contributed by atoms with van der Waals surface area (Å²) in [5.41, 5.74) is 1.60. The topological polar surface area (TPSA) is 117 Å². The summed E-state index contributed by atoms with van der Waals surface area (Å²) in [7, 11) is 0. The zero-order valence-corrected chi connectivity index (χ0v) is 14.8. The number of H-pyrrole nitrogens is 1. The number of hydrogen-bond acceptors (Lipinski definition) is 5. The van der Waals surface area contributed by atoms with E-state index >= 15 is 0 Å². The highest BCUT2D eigenvalue weighted by atomic mass is 16.3. The molecule has 2 rings (SSSR count). The fourth-order valence-corrected chi connectivity index (χ4v) is 2.39. The monoisotopic (exact) mass is 358 g/mol. The quantitative estimate of drug-likeness (QED) is 0.511. The predicted octanol–water partition coefficient (Wildman–Crippen LogP) is 1.32. The molecule has 1 amide bonds. The first kappa shape index (κ1) is 19.2. The Balaban J connectivity index is 2.34. The van der Waals surface area contributed by atoms with Crippen LogP contribution in [0.15, 0.2) is 45.0 Å². The van der Waals surface area contributed by atoms with Crippen LogP contribution in [0, 0.1) is 0 Å². The molecule has 0 bridgehead atoms. The molecule has 0 spiro atoms. The Morgan fingerprint density at radius 3 is 2.62 bits per heavy atom. The van der Waals surface area contributed by atoms with E-state index in [2.05, 4.69) is 15.5 Å². The maximum absolute atomic E-state index is 12.1. The van der Waals surface area contributed by atoms with E-state index in [0.717, 1.165) is 23.0 Å². The van der Waals surface area contributed by atoms with Gasteiger partial charge in [-0.15, -0.1) is 0 Å². The molecule has 1 heterocycles. The van der Waals surface area contributed by atoms with Gasteiger partial charge in [-0.25, -0.2) is 10.2 Å². The molecule has 0 saturated heterocycles. The van der Waals surface area contributed by atoms with E-state index in [4.69, 9.17) is 0 Å². The first-order valence-corrected chi connectivity index (χ1v) is 8.37. The van der Waals surface area contributed by atoms with Crippen LogP contribution in [-0.2, 0) is 11.3 Å². The number of aromatic nitrogens is 2. The molecule has 1 aromatic heterocycles. The second kappa shape index (κ2) is 8.80. The molecular formula is C18H22N4O4. The molecule has 138 valence electrons. The summed E-state index contributed by atoms with van der Waals surface area (Å²) in [6, 6.07) is 9.05. The van der Waals surface area contributed by atoms with Crippen molar-refractivity contribution in [1.82, 2.24) is 15.0 Å². The number of benzene rings is 1. The Bertz CT molecular complexity index is 913. The molecule has 1 aromatic carbocycles. The van der Waals surface area contributed by atoms with Gasteiger partial charge in [-0.2, -0.15) is 5.10 Å². The van der Waals surface area contributed by atoms with Crippen LogP contribution in [-0.4, -0.2) is 26.3 Å². The SMILES string of the molecule is CCCCC(=O)N/N=C(\C)c1c(O)n(Cc2ccccc2)c(=O)[nH]c1=O. The molecule has 0 unspecified atom stereocenters. The summed E-state index contributed by atoms with van der Waals surface area (Å²) >= 11 is 0. The van der Waals surface area contributed by atoms with Crippen molar-refractivity contribution >= 4 is 11.6 Å². The van der Waals surface area contributed by atoms with Gasteiger partial charge in [0.25, 0.3) is 5.56 Å². The van der Waals surface area contributed by atoms with E-state index in [-0.39, 0.29) is 23.7 Å². The van der Waals surface area contributed by atoms with E-state index in [1.165, 1.54) is 6.92 Å². The molecule has 26 heavy (non-hydrogen) atoms. The second-order valence-electron chi connectivity index (χ2n) is 5.87.